The second-order valence-corrected chi connectivity index (χ2v) is 9.73. The first kappa shape index (κ1) is 27.5. The zero-order valence-corrected chi connectivity index (χ0v) is 21.9. The van der Waals surface area contributed by atoms with Crippen molar-refractivity contribution in [3.8, 4) is 0 Å². The van der Waals surface area contributed by atoms with Gasteiger partial charge in [-0.15, -0.1) is 11.3 Å². The monoisotopic (exact) mass is 509 g/mol. The predicted molar refractivity (Wildman–Crippen MR) is 146 cm³/mol. The Balaban J connectivity index is 1.67. The Bertz CT molecular complexity index is 1090. The molecule has 2 aliphatic rings. The number of anilines is 1. The highest BCUT2D eigenvalue weighted by atomic mass is 32.1. The van der Waals surface area contributed by atoms with Gasteiger partial charge in [-0.3, -0.25) is 14.9 Å². The molecule has 1 aliphatic heterocycles. The first-order chi connectivity index (χ1) is 17.4. The van der Waals surface area contributed by atoms with Crippen LogP contribution in [0.15, 0.2) is 72.2 Å². The molecule has 0 bridgehead atoms. The molecule has 2 heterocycles. The topological polar surface area (TPSA) is 80.8 Å². The highest BCUT2D eigenvalue weighted by molar-refractivity contribution is 7.14. The van der Waals surface area contributed by atoms with Crippen LogP contribution < -0.4 is 5.32 Å². The fourth-order valence-corrected chi connectivity index (χ4v) is 4.72. The molecule has 0 aromatic carbocycles. The molecule has 1 aromatic heterocycles. The van der Waals surface area contributed by atoms with Crippen LogP contribution in [0.4, 0.5) is 5.13 Å². The van der Waals surface area contributed by atoms with Gasteiger partial charge in [0.15, 0.2) is 5.13 Å². The van der Waals surface area contributed by atoms with Crippen LogP contribution in [-0.4, -0.2) is 60.2 Å². The number of hydrogen-bond donors (Lipinski definition) is 1. The largest absolute Gasteiger partial charge is 0.378 e. The third-order valence-electron chi connectivity index (χ3n) is 6.07. The van der Waals surface area contributed by atoms with Crippen LogP contribution in [0.25, 0.3) is 5.57 Å². The van der Waals surface area contributed by atoms with Gasteiger partial charge >= 0.3 is 0 Å². The number of carbonyl (C=O) groups is 2. The smallest absolute Gasteiger partial charge is 0.257 e. The van der Waals surface area contributed by atoms with Crippen molar-refractivity contribution in [2.45, 2.75) is 38.7 Å². The van der Waals surface area contributed by atoms with E-state index in [9.17, 15) is 9.59 Å². The highest BCUT2D eigenvalue weighted by Gasteiger charge is 2.30. The van der Waals surface area contributed by atoms with Crippen molar-refractivity contribution in [3.63, 3.8) is 0 Å². The summed E-state index contributed by atoms with van der Waals surface area (Å²) in [6, 6.07) is 0. The van der Waals surface area contributed by atoms with Gasteiger partial charge in [0.25, 0.3) is 5.91 Å². The highest BCUT2D eigenvalue weighted by Crippen LogP contribution is 2.32. The average molecular weight is 510 g/mol. The van der Waals surface area contributed by atoms with Crippen molar-refractivity contribution in [1.82, 2.24) is 9.88 Å². The van der Waals surface area contributed by atoms with Crippen LogP contribution >= 0.6 is 11.3 Å². The Morgan fingerprint density at radius 3 is 2.78 bits per heavy atom. The number of thiazole rings is 1. The molecule has 1 unspecified atom stereocenters. The van der Waals surface area contributed by atoms with Crippen LogP contribution in [0.2, 0.25) is 0 Å². The molecule has 0 radical (unpaired) electrons. The van der Waals surface area contributed by atoms with Gasteiger partial charge in [-0.25, -0.2) is 4.98 Å². The van der Waals surface area contributed by atoms with Crippen LogP contribution in [-0.2, 0) is 19.1 Å². The van der Waals surface area contributed by atoms with Gasteiger partial charge in [-0.05, 0) is 26.2 Å². The van der Waals surface area contributed by atoms with Crippen molar-refractivity contribution in [2.24, 2.45) is 0 Å². The number of morpholine rings is 1. The second-order valence-electron chi connectivity index (χ2n) is 8.87. The second kappa shape index (κ2) is 13.3. The average Bonchev–Trinajstić information content (AvgIpc) is 3.27. The maximum absolute atomic E-state index is 13.1. The quantitative estimate of drug-likeness (QED) is 0.445. The SMILES string of the molecule is C=C/C=C\C(=C/C=C)c1csc(NC(=O)C2=CCC(C)(OCC(=O)N3CCOCC3)CC(CC)=C2)n1. The number of carbonyl (C=O) groups excluding carboxylic acids is 2. The molecule has 1 N–H and O–H groups in total. The number of ether oxygens (including phenoxy) is 2. The Morgan fingerprint density at radius 1 is 1.31 bits per heavy atom. The summed E-state index contributed by atoms with van der Waals surface area (Å²) in [7, 11) is 0. The minimum Gasteiger partial charge on any atom is -0.378 e. The lowest BCUT2D eigenvalue weighted by molar-refractivity contribution is -0.146. The van der Waals surface area contributed by atoms with Crippen LogP contribution in [0.3, 0.4) is 0 Å². The molecule has 1 aromatic rings. The Labute approximate surface area is 217 Å². The van der Waals surface area contributed by atoms with Gasteiger partial charge in [0.2, 0.25) is 5.91 Å². The molecule has 36 heavy (non-hydrogen) atoms. The summed E-state index contributed by atoms with van der Waals surface area (Å²) in [4.78, 5) is 32.0. The predicted octanol–water partition coefficient (Wildman–Crippen LogP) is 5.08. The number of amides is 2. The van der Waals surface area contributed by atoms with E-state index in [4.69, 9.17) is 9.47 Å². The molecule has 192 valence electrons. The first-order valence-electron chi connectivity index (χ1n) is 12.2. The lowest BCUT2D eigenvalue weighted by Crippen LogP contribution is -2.44. The van der Waals surface area contributed by atoms with Gasteiger partial charge in [0, 0.05) is 29.6 Å². The summed E-state index contributed by atoms with van der Waals surface area (Å²) in [5.41, 5.74) is 2.73. The Hall–Kier alpha value is -3.07. The molecule has 1 atom stereocenters. The maximum atomic E-state index is 13.1. The third kappa shape index (κ3) is 7.71. The minimum atomic E-state index is -0.567. The van der Waals surface area contributed by atoms with E-state index in [1.165, 1.54) is 11.3 Å². The van der Waals surface area contributed by atoms with E-state index in [2.05, 4.69) is 30.4 Å². The number of nitrogens with one attached hydrogen (secondary N) is 1. The van der Waals surface area contributed by atoms with Crippen molar-refractivity contribution in [1.29, 1.82) is 0 Å². The number of aromatic nitrogens is 1. The maximum Gasteiger partial charge on any atom is 0.257 e. The summed E-state index contributed by atoms with van der Waals surface area (Å²) >= 11 is 1.36. The molecule has 1 saturated heterocycles. The lowest BCUT2D eigenvalue weighted by atomic mass is 9.93. The van der Waals surface area contributed by atoms with E-state index in [-0.39, 0.29) is 18.4 Å². The minimum absolute atomic E-state index is 0.0195. The van der Waals surface area contributed by atoms with Gasteiger partial charge in [0.1, 0.15) is 6.61 Å². The van der Waals surface area contributed by atoms with E-state index in [0.717, 1.165) is 23.3 Å². The summed E-state index contributed by atoms with van der Waals surface area (Å²) in [5, 5.41) is 5.33. The van der Waals surface area contributed by atoms with Gasteiger partial charge in [-0.1, -0.05) is 68.2 Å². The number of rotatable bonds is 10. The van der Waals surface area contributed by atoms with E-state index in [1.54, 1.807) is 17.1 Å². The number of hydrogen-bond acceptors (Lipinski definition) is 6. The zero-order valence-electron chi connectivity index (χ0n) is 21.1. The molecule has 3 rings (SSSR count). The fourth-order valence-electron chi connectivity index (χ4n) is 4.00. The zero-order chi connectivity index (χ0) is 26.0. The molecular formula is C28H35N3O4S. The Kier molecular flexibility index (Phi) is 10.2. The molecule has 8 heteroatoms. The molecule has 1 aliphatic carbocycles. The standard InChI is InChI=1S/C28H35N3O4S/c1-5-8-10-22(9-6-2)24-20-36-27(29-24)30-26(33)23-11-12-28(4,18-21(7-3)17-23)35-19-25(32)31-13-15-34-16-14-31/h5-6,8-11,17,20H,1-2,7,12-16,18-19H2,3-4H3,(H,29,30,33)/b10-8-,22-9+. The van der Waals surface area contributed by atoms with Crippen molar-refractivity contribution < 1.29 is 19.1 Å². The molecular weight excluding hydrogens is 474 g/mol. The molecule has 7 nitrogen and oxygen atoms in total. The third-order valence-corrected chi connectivity index (χ3v) is 6.83. The van der Waals surface area contributed by atoms with Crippen molar-refractivity contribution >= 4 is 33.9 Å². The summed E-state index contributed by atoms with van der Waals surface area (Å²) in [5.74, 6) is -0.244. The molecule has 0 spiro atoms. The summed E-state index contributed by atoms with van der Waals surface area (Å²) in [6.45, 7) is 13.8. The van der Waals surface area contributed by atoms with E-state index in [0.29, 0.717) is 49.8 Å². The number of nitrogens with zero attached hydrogens (tertiary/aromatic N) is 2. The van der Waals surface area contributed by atoms with E-state index < -0.39 is 5.60 Å². The van der Waals surface area contributed by atoms with Gasteiger partial charge in [0.05, 0.1) is 24.5 Å². The summed E-state index contributed by atoms with van der Waals surface area (Å²) in [6.07, 6.45) is 14.7. The van der Waals surface area contributed by atoms with Crippen LogP contribution in [0.5, 0.6) is 0 Å². The first-order valence-corrected chi connectivity index (χ1v) is 13.0. The molecule has 2 amide bonds. The van der Waals surface area contributed by atoms with Crippen LogP contribution in [0.1, 0.15) is 38.8 Å². The normalized spacial score (nSPS) is 20.9. The van der Waals surface area contributed by atoms with Crippen molar-refractivity contribution in [3.05, 3.63) is 77.9 Å². The molecule has 1 fully saturated rings. The van der Waals surface area contributed by atoms with Gasteiger partial charge in [-0.2, -0.15) is 0 Å². The van der Waals surface area contributed by atoms with Crippen molar-refractivity contribution in [2.75, 3.05) is 38.2 Å². The Morgan fingerprint density at radius 2 is 2.08 bits per heavy atom. The molecule has 0 saturated carbocycles. The summed E-state index contributed by atoms with van der Waals surface area (Å²) < 4.78 is 11.5. The van der Waals surface area contributed by atoms with Gasteiger partial charge < -0.3 is 14.4 Å². The van der Waals surface area contributed by atoms with Crippen LogP contribution in [0, 0.1) is 0 Å². The lowest BCUT2D eigenvalue weighted by Gasteiger charge is -2.31. The van der Waals surface area contributed by atoms with E-state index in [1.807, 2.05) is 42.7 Å². The fraction of sp³-hybridized carbons (Fsp3) is 0.393. The van der Waals surface area contributed by atoms with E-state index >= 15 is 0 Å². The number of allylic oxidation sites excluding steroid dienone is 6.